The predicted octanol–water partition coefficient (Wildman–Crippen LogP) is 2.11. The minimum Gasteiger partial charge on any atom is -0.393 e. The molecule has 2 heterocycles. The number of thiazole rings is 1. The molecule has 0 bridgehead atoms. The first-order valence-electron chi connectivity index (χ1n) is 9.32. The van der Waals surface area contributed by atoms with Crippen LogP contribution in [0.3, 0.4) is 0 Å². The van der Waals surface area contributed by atoms with Crippen LogP contribution < -0.4 is 10.6 Å². The summed E-state index contributed by atoms with van der Waals surface area (Å²) in [6.45, 7) is 6.63. The number of likely N-dealkylation sites (tertiary alicyclic amines) is 1. The Balaban J connectivity index is 1.69. The van der Waals surface area contributed by atoms with Crippen LogP contribution >= 0.6 is 11.3 Å². The molecule has 0 radical (unpaired) electrons. The average molecular weight is 408 g/mol. The van der Waals surface area contributed by atoms with Gasteiger partial charge in [0.15, 0.2) is 11.7 Å². The topological polar surface area (TPSA) is 72.8 Å². The van der Waals surface area contributed by atoms with Crippen molar-refractivity contribution < 1.29 is 18.3 Å². The number of hydrogen-bond donors (Lipinski definition) is 3. The lowest BCUT2D eigenvalue weighted by atomic mass is 10.1. The molecule has 0 aromatic carbocycles. The molecule has 0 spiro atoms. The van der Waals surface area contributed by atoms with Crippen molar-refractivity contribution in [2.75, 3.05) is 39.3 Å². The number of rotatable bonds is 8. The van der Waals surface area contributed by atoms with Gasteiger partial charge >= 0.3 is 6.18 Å². The Labute approximate surface area is 161 Å². The Morgan fingerprint density at radius 3 is 2.74 bits per heavy atom. The molecule has 0 amide bonds. The fourth-order valence-corrected chi connectivity index (χ4v) is 3.62. The largest absolute Gasteiger partial charge is 0.434 e. The average Bonchev–Trinajstić information content (AvgIpc) is 3.09. The molecule has 1 aromatic rings. The molecule has 2 rings (SSSR count). The van der Waals surface area contributed by atoms with Gasteiger partial charge < -0.3 is 20.6 Å². The van der Waals surface area contributed by atoms with E-state index in [0.29, 0.717) is 37.0 Å². The molecule has 0 atom stereocenters. The summed E-state index contributed by atoms with van der Waals surface area (Å²) in [5, 5.41) is 17.3. The zero-order chi connectivity index (χ0) is 19.7. The summed E-state index contributed by atoms with van der Waals surface area (Å²) >= 11 is 1.02. The maximum Gasteiger partial charge on any atom is 0.434 e. The minimum atomic E-state index is -4.38. The molecule has 0 unspecified atom stereocenters. The normalized spacial score (nSPS) is 17.3. The molecule has 1 aliphatic heterocycles. The molecule has 0 aliphatic carbocycles. The Bertz CT molecular complexity index is 585. The number of guanidine groups is 1. The number of halogens is 3. The van der Waals surface area contributed by atoms with Gasteiger partial charge in [0.05, 0.1) is 11.1 Å². The molecule has 1 fully saturated rings. The second kappa shape index (κ2) is 10.8. The van der Waals surface area contributed by atoms with Crippen molar-refractivity contribution in [3.63, 3.8) is 0 Å². The van der Waals surface area contributed by atoms with Gasteiger partial charge in [0.1, 0.15) is 0 Å². The molecule has 27 heavy (non-hydrogen) atoms. The van der Waals surface area contributed by atoms with Crippen LogP contribution in [0, 0.1) is 0 Å². The number of alkyl halides is 3. The quantitative estimate of drug-likeness (QED) is 0.350. The second-order valence-corrected chi connectivity index (χ2v) is 7.43. The van der Waals surface area contributed by atoms with Gasteiger partial charge in [-0.1, -0.05) is 0 Å². The molecule has 1 saturated heterocycles. The molecule has 0 saturated carbocycles. The zero-order valence-electron chi connectivity index (χ0n) is 15.6. The standard InChI is InChI=1S/C17H28F3N5OS/c1-2-21-16(22-7-3-9-25-10-5-13(26)6-11-25)23-8-4-15-24-14(12-27-15)17(18,19)20/h12-13,26H,2-11H2,1H3,(H2,21,22,23). The van der Waals surface area contributed by atoms with Gasteiger partial charge in [-0.3, -0.25) is 4.99 Å². The van der Waals surface area contributed by atoms with E-state index in [1.165, 1.54) is 0 Å². The van der Waals surface area contributed by atoms with E-state index in [0.717, 1.165) is 55.6 Å². The number of hydrogen-bond acceptors (Lipinski definition) is 5. The van der Waals surface area contributed by atoms with Crippen LogP contribution in [0.25, 0.3) is 0 Å². The second-order valence-electron chi connectivity index (χ2n) is 6.49. The lowest BCUT2D eigenvalue weighted by Crippen LogP contribution is -2.39. The first-order valence-corrected chi connectivity index (χ1v) is 10.2. The minimum absolute atomic E-state index is 0.158. The van der Waals surface area contributed by atoms with Gasteiger partial charge in [-0.15, -0.1) is 11.3 Å². The van der Waals surface area contributed by atoms with Crippen molar-refractivity contribution >= 4 is 17.3 Å². The number of nitrogens with zero attached hydrogens (tertiary/aromatic N) is 3. The lowest BCUT2D eigenvalue weighted by molar-refractivity contribution is -0.140. The maximum absolute atomic E-state index is 12.6. The molecule has 6 nitrogen and oxygen atoms in total. The monoisotopic (exact) mass is 407 g/mol. The van der Waals surface area contributed by atoms with Crippen molar-refractivity contribution in [2.24, 2.45) is 4.99 Å². The third kappa shape index (κ3) is 8.02. The van der Waals surface area contributed by atoms with Crippen molar-refractivity contribution in [3.8, 4) is 0 Å². The van der Waals surface area contributed by atoms with Gasteiger partial charge in [0.25, 0.3) is 0 Å². The van der Waals surface area contributed by atoms with Crippen molar-refractivity contribution in [3.05, 3.63) is 16.1 Å². The fraction of sp³-hybridized carbons (Fsp3) is 0.765. The number of aromatic nitrogens is 1. The van der Waals surface area contributed by atoms with Crippen LogP contribution in [-0.4, -0.2) is 66.3 Å². The lowest BCUT2D eigenvalue weighted by Gasteiger charge is -2.29. The SMILES string of the molecule is CCNC(=NCCCN1CCC(O)CC1)NCCc1nc(C(F)(F)F)cs1. The summed E-state index contributed by atoms with van der Waals surface area (Å²) in [5.74, 6) is 0.666. The zero-order valence-corrected chi connectivity index (χ0v) is 16.4. The van der Waals surface area contributed by atoms with E-state index in [2.05, 4.69) is 25.5 Å². The van der Waals surface area contributed by atoms with Gasteiger partial charge in [-0.05, 0) is 32.7 Å². The number of aliphatic hydroxyl groups excluding tert-OH is 1. The Morgan fingerprint density at radius 1 is 1.37 bits per heavy atom. The smallest absolute Gasteiger partial charge is 0.393 e. The number of aliphatic imine (C=N–C) groups is 1. The molecule has 3 N–H and O–H groups in total. The third-order valence-corrected chi connectivity index (χ3v) is 5.19. The molecule has 1 aromatic heterocycles. The van der Waals surface area contributed by atoms with Crippen LogP contribution in [-0.2, 0) is 12.6 Å². The van der Waals surface area contributed by atoms with Gasteiger partial charge in [0, 0.05) is 44.5 Å². The van der Waals surface area contributed by atoms with Crippen LogP contribution in [0.2, 0.25) is 0 Å². The Hall–Kier alpha value is -1.39. The van der Waals surface area contributed by atoms with Crippen molar-refractivity contribution in [2.45, 2.75) is 44.9 Å². The summed E-state index contributed by atoms with van der Waals surface area (Å²) in [6, 6.07) is 0. The van der Waals surface area contributed by atoms with E-state index >= 15 is 0 Å². The number of nitrogens with one attached hydrogen (secondary N) is 2. The first-order chi connectivity index (χ1) is 12.9. The van der Waals surface area contributed by atoms with E-state index in [1.54, 1.807) is 0 Å². The van der Waals surface area contributed by atoms with Crippen molar-refractivity contribution in [1.82, 2.24) is 20.5 Å². The van der Waals surface area contributed by atoms with Crippen LogP contribution in [0.15, 0.2) is 10.4 Å². The molecule has 1 aliphatic rings. The molecular formula is C17H28F3N5OS. The highest BCUT2D eigenvalue weighted by atomic mass is 32.1. The fourth-order valence-electron chi connectivity index (χ4n) is 2.81. The molecule has 10 heteroatoms. The summed E-state index contributed by atoms with van der Waals surface area (Å²) in [7, 11) is 0. The summed E-state index contributed by atoms with van der Waals surface area (Å²) in [4.78, 5) is 10.5. The van der Waals surface area contributed by atoms with E-state index in [-0.39, 0.29) is 6.10 Å². The van der Waals surface area contributed by atoms with Gasteiger partial charge in [0.2, 0.25) is 0 Å². The summed E-state index contributed by atoms with van der Waals surface area (Å²) in [6.07, 6.45) is -1.53. The van der Waals surface area contributed by atoms with Crippen molar-refractivity contribution in [1.29, 1.82) is 0 Å². The highest BCUT2D eigenvalue weighted by Crippen LogP contribution is 2.29. The summed E-state index contributed by atoms with van der Waals surface area (Å²) < 4.78 is 37.7. The maximum atomic E-state index is 12.6. The van der Waals surface area contributed by atoms with Crippen LogP contribution in [0.4, 0.5) is 13.2 Å². The van der Waals surface area contributed by atoms with Gasteiger partial charge in [-0.2, -0.15) is 13.2 Å². The predicted molar refractivity (Wildman–Crippen MR) is 101 cm³/mol. The number of aliphatic hydroxyl groups is 1. The van der Waals surface area contributed by atoms with E-state index in [4.69, 9.17) is 0 Å². The highest BCUT2D eigenvalue weighted by molar-refractivity contribution is 7.09. The van der Waals surface area contributed by atoms with E-state index in [9.17, 15) is 18.3 Å². The Morgan fingerprint density at radius 2 is 2.11 bits per heavy atom. The summed E-state index contributed by atoms with van der Waals surface area (Å²) in [5.41, 5.74) is -0.826. The van der Waals surface area contributed by atoms with E-state index < -0.39 is 11.9 Å². The third-order valence-electron chi connectivity index (χ3n) is 4.28. The van der Waals surface area contributed by atoms with Crippen LogP contribution in [0.5, 0.6) is 0 Å². The molecular weight excluding hydrogens is 379 g/mol. The highest BCUT2D eigenvalue weighted by Gasteiger charge is 2.33. The van der Waals surface area contributed by atoms with E-state index in [1.807, 2.05) is 6.92 Å². The number of piperidine rings is 1. The molecule has 154 valence electrons. The first kappa shape index (κ1) is 21.9. The van der Waals surface area contributed by atoms with Crippen LogP contribution in [0.1, 0.15) is 36.9 Å². The van der Waals surface area contributed by atoms with Gasteiger partial charge in [-0.25, -0.2) is 4.98 Å². The Kier molecular flexibility index (Phi) is 8.78.